The third-order valence-electron chi connectivity index (χ3n) is 12.9. The number of methoxy groups -OCH3 is 2. The molecule has 4 aromatic carbocycles. The molecule has 1 atom stereocenters. The zero-order valence-corrected chi connectivity index (χ0v) is 32.9. The molecule has 0 spiro atoms. The van der Waals surface area contributed by atoms with Gasteiger partial charge in [-0.15, -0.1) is 0 Å². The molecule has 0 aliphatic carbocycles. The highest BCUT2D eigenvalue weighted by atomic mass is 16.5. The van der Waals surface area contributed by atoms with E-state index in [1.54, 1.807) is 30.7 Å². The van der Waals surface area contributed by atoms with Crippen LogP contribution >= 0.6 is 0 Å². The van der Waals surface area contributed by atoms with Gasteiger partial charge in [0.2, 0.25) is 11.8 Å². The number of anilines is 1. The van der Waals surface area contributed by atoms with Gasteiger partial charge in [0.05, 0.1) is 25.5 Å². The summed E-state index contributed by atoms with van der Waals surface area (Å²) in [6, 6.07) is 21.3. The van der Waals surface area contributed by atoms with Gasteiger partial charge in [0.15, 0.2) is 0 Å². The topological polar surface area (TPSA) is 113 Å². The van der Waals surface area contributed by atoms with E-state index in [1.807, 2.05) is 48.7 Å². The molecule has 0 radical (unpaired) electrons. The Morgan fingerprint density at radius 2 is 1.42 bits per heavy atom. The number of rotatable bonds is 9. The number of imide groups is 1. The Kier molecular flexibility index (Phi) is 9.82. The Balaban J connectivity index is 0.830. The lowest BCUT2D eigenvalue weighted by molar-refractivity contribution is -0.134. The van der Waals surface area contributed by atoms with E-state index in [0.29, 0.717) is 29.2 Å². The Morgan fingerprint density at radius 3 is 2.12 bits per heavy atom. The minimum absolute atomic E-state index is 0.0199. The Hall–Kier alpha value is -5.52. The number of pyridine rings is 1. The van der Waals surface area contributed by atoms with Crippen molar-refractivity contribution in [2.24, 2.45) is 13.0 Å². The Labute approximate surface area is 332 Å². The van der Waals surface area contributed by atoms with Crippen molar-refractivity contribution >= 4 is 45.0 Å². The first-order valence-electron chi connectivity index (χ1n) is 20.2. The number of aryl methyl sites for hydroxylation is 1. The molecule has 294 valence electrons. The number of hydrogen-bond acceptors (Lipinski definition) is 8. The van der Waals surface area contributed by atoms with Crippen LogP contribution in [0.25, 0.3) is 32.7 Å². The molecule has 5 heterocycles. The molecular weight excluding hydrogens is 719 g/mol. The third-order valence-corrected chi connectivity index (χ3v) is 12.9. The van der Waals surface area contributed by atoms with E-state index in [4.69, 9.17) is 9.47 Å². The normalized spacial score (nSPS) is 19.8. The average Bonchev–Trinajstić information content (AvgIpc) is 3.52. The maximum absolute atomic E-state index is 13.6. The van der Waals surface area contributed by atoms with Crippen molar-refractivity contribution in [2.75, 3.05) is 51.8 Å². The predicted octanol–water partition coefficient (Wildman–Crippen LogP) is 6.23. The second-order valence-corrected chi connectivity index (χ2v) is 16.2. The number of carbonyl (C=O) groups is 3. The van der Waals surface area contributed by atoms with E-state index >= 15 is 0 Å². The fraction of sp³-hybridized carbons (Fsp3) is 0.391. The average molecular weight is 768 g/mol. The van der Waals surface area contributed by atoms with Crippen LogP contribution < -0.4 is 25.2 Å². The number of amides is 3. The van der Waals surface area contributed by atoms with Crippen LogP contribution in [0.3, 0.4) is 0 Å². The van der Waals surface area contributed by atoms with E-state index in [-0.39, 0.29) is 23.8 Å². The third kappa shape index (κ3) is 6.66. The van der Waals surface area contributed by atoms with E-state index < -0.39 is 11.9 Å². The number of fused-ring (bicyclic) bond motifs is 1. The number of piperidine rings is 3. The van der Waals surface area contributed by atoms with E-state index in [2.05, 4.69) is 39.4 Å². The fourth-order valence-corrected chi connectivity index (χ4v) is 9.91. The zero-order chi connectivity index (χ0) is 39.4. The van der Waals surface area contributed by atoms with Crippen molar-refractivity contribution < 1.29 is 23.9 Å². The molecule has 11 nitrogen and oxygen atoms in total. The predicted molar refractivity (Wildman–Crippen MR) is 221 cm³/mol. The van der Waals surface area contributed by atoms with Gasteiger partial charge < -0.3 is 18.9 Å². The van der Waals surface area contributed by atoms with E-state index in [1.165, 1.54) is 5.56 Å². The SMILES string of the molecule is COc1cc(-c2cn(C)c(=O)c3ccccc23)cc(OC)c1CN1CCC(CN2CCC(c3ccc4c5c(cccc35)C(=O)N4C3CCC(=O)NC3=O)CC2)CC1. The first-order valence-corrected chi connectivity index (χ1v) is 20.2. The van der Waals surface area contributed by atoms with Gasteiger partial charge in [-0.3, -0.25) is 34.3 Å². The summed E-state index contributed by atoms with van der Waals surface area (Å²) in [6.45, 7) is 5.95. The number of ether oxygens (including phenoxy) is 2. The lowest BCUT2D eigenvalue weighted by Gasteiger charge is -2.38. The summed E-state index contributed by atoms with van der Waals surface area (Å²) < 4.78 is 13.6. The molecule has 0 saturated carbocycles. The monoisotopic (exact) mass is 767 g/mol. The van der Waals surface area contributed by atoms with Crippen molar-refractivity contribution in [3.63, 3.8) is 0 Å². The molecule has 3 fully saturated rings. The highest BCUT2D eigenvalue weighted by Gasteiger charge is 2.41. The van der Waals surface area contributed by atoms with Crippen LogP contribution in [0, 0.1) is 5.92 Å². The highest BCUT2D eigenvalue weighted by molar-refractivity contribution is 6.27. The summed E-state index contributed by atoms with van der Waals surface area (Å²) in [5, 5.41) is 6.04. The van der Waals surface area contributed by atoms with Gasteiger partial charge in [-0.1, -0.05) is 36.4 Å². The molecule has 57 heavy (non-hydrogen) atoms. The second kappa shape index (κ2) is 15.1. The largest absolute Gasteiger partial charge is 0.496 e. The number of hydrogen-bond donors (Lipinski definition) is 1. The molecule has 1 unspecified atom stereocenters. The number of nitrogens with one attached hydrogen (secondary N) is 1. The van der Waals surface area contributed by atoms with Crippen molar-refractivity contribution in [1.82, 2.24) is 19.7 Å². The molecule has 1 aromatic heterocycles. The number of benzene rings is 4. The number of nitrogens with zero attached hydrogens (tertiary/aromatic N) is 4. The van der Waals surface area contributed by atoms with Gasteiger partial charge in [-0.2, -0.15) is 0 Å². The standard InChI is InChI=1S/C46H49N5O6/c1-48-26-36(32-7-4-5-8-34(32)45(48)54)30-23-40(56-2)37(41(24-30)57-3)27-50-19-15-28(16-20-50)25-49-21-17-29(18-22-49)31-11-12-38-43-33(31)9-6-10-35(43)46(55)51(38)39-13-14-42(52)47-44(39)53/h4-12,23-24,26,28-29,39H,13-22,25,27H2,1-3H3,(H,47,52,53). The smallest absolute Gasteiger partial charge is 0.259 e. The number of carbonyl (C=O) groups excluding carboxylic acids is 3. The summed E-state index contributed by atoms with van der Waals surface area (Å²) in [6.07, 6.45) is 6.86. The maximum Gasteiger partial charge on any atom is 0.259 e. The lowest BCUT2D eigenvalue weighted by Crippen LogP contribution is -2.53. The van der Waals surface area contributed by atoms with Crippen molar-refractivity contribution in [3.8, 4) is 22.6 Å². The first kappa shape index (κ1) is 37.1. The van der Waals surface area contributed by atoms with Crippen LogP contribution in [0.1, 0.15) is 65.9 Å². The summed E-state index contributed by atoms with van der Waals surface area (Å²) in [5.41, 5.74) is 5.62. The van der Waals surface area contributed by atoms with Crippen LogP contribution in [-0.2, 0) is 23.2 Å². The van der Waals surface area contributed by atoms with Crippen LogP contribution in [0.4, 0.5) is 5.69 Å². The van der Waals surface area contributed by atoms with Crippen LogP contribution in [0.2, 0.25) is 0 Å². The minimum atomic E-state index is -0.676. The highest BCUT2D eigenvalue weighted by Crippen LogP contribution is 2.44. The number of aromatic nitrogens is 1. The molecule has 4 aliphatic heterocycles. The van der Waals surface area contributed by atoms with Gasteiger partial charge in [-0.05, 0) is 122 Å². The first-order chi connectivity index (χ1) is 27.7. The molecule has 9 rings (SSSR count). The summed E-state index contributed by atoms with van der Waals surface area (Å²) in [5.74, 6) is 1.76. The molecule has 11 heteroatoms. The quantitative estimate of drug-likeness (QED) is 0.176. The van der Waals surface area contributed by atoms with Crippen molar-refractivity contribution in [3.05, 3.63) is 100.0 Å². The van der Waals surface area contributed by atoms with Gasteiger partial charge in [-0.25, -0.2) is 0 Å². The van der Waals surface area contributed by atoms with Gasteiger partial charge >= 0.3 is 0 Å². The molecule has 3 amide bonds. The Morgan fingerprint density at radius 1 is 0.737 bits per heavy atom. The fourth-order valence-electron chi connectivity index (χ4n) is 9.91. The van der Waals surface area contributed by atoms with Crippen LogP contribution in [-0.4, -0.2) is 85.1 Å². The van der Waals surface area contributed by atoms with Gasteiger partial charge in [0, 0.05) is 54.7 Å². The summed E-state index contributed by atoms with van der Waals surface area (Å²) >= 11 is 0. The van der Waals surface area contributed by atoms with Crippen LogP contribution in [0.5, 0.6) is 11.5 Å². The number of likely N-dealkylation sites (tertiary alicyclic amines) is 2. The molecule has 5 aromatic rings. The Bertz CT molecular complexity index is 2450. The van der Waals surface area contributed by atoms with Gasteiger partial charge in [0.1, 0.15) is 17.5 Å². The molecular formula is C46H49N5O6. The molecule has 4 aliphatic rings. The van der Waals surface area contributed by atoms with Crippen molar-refractivity contribution in [1.29, 1.82) is 0 Å². The molecule has 3 saturated heterocycles. The zero-order valence-electron chi connectivity index (χ0n) is 32.9. The van der Waals surface area contributed by atoms with E-state index in [0.717, 1.165) is 115 Å². The molecule has 1 N–H and O–H groups in total. The van der Waals surface area contributed by atoms with Crippen molar-refractivity contribution in [2.45, 2.75) is 57.0 Å². The minimum Gasteiger partial charge on any atom is -0.496 e. The summed E-state index contributed by atoms with van der Waals surface area (Å²) in [7, 11) is 5.20. The molecule has 0 bridgehead atoms. The second-order valence-electron chi connectivity index (χ2n) is 16.2. The van der Waals surface area contributed by atoms with Crippen LogP contribution in [0.15, 0.2) is 77.7 Å². The van der Waals surface area contributed by atoms with E-state index in [9.17, 15) is 19.2 Å². The summed E-state index contributed by atoms with van der Waals surface area (Å²) in [4.78, 5) is 57.8. The van der Waals surface area contributed by atoms with Gasteiger partial charge in [0.25, 0.3) is 11.5 Å². The maximum atomic E-state index is 13.6. The lowest BCUT2D eigenvalue weighted by atomic mass is 9.85.